The predicted molar refractivity (Wildman–Crippen MR) is 80.4 cm³/mol. The summed E-state index contributed by atoms with van der Waals surface area (Å²) in [5.74, 6) is 0.545. The van der Waals surface area contributed by atoms with E-state index in [9.17, 15) is 13.6 Å². The number of likely N-dealkylation sites (N-methyl/N-ethyl adjacent to an activating group) is 1. The highest BCUT2D eigenvalue weighted by molar-refractivity contribution is 5.78. The van der Waals surface area contributed by atoms with Crippen LogP contribution in [-0.2, 0) is 16.1 Å². The lowest BCUT2D eigenvalue weighted by Gasteiger charge is -2.20. The van der Waals surface area contributed by atoms with Crippen LogP contribution in [0.4, 0.5) is 8.78 Å². The summed E-state index contributed by atoms with van der Waals surface area (Å²) in [6.45, 7) is -1.70. The summed E-state index contributed by atoms with van der Waals surface area (Å²) < 4.78 is 45.0. The lowest BCUT2D eigenvalue weighted by atomic mass is 10.1. The molecule has 0 saturated carbocycles. The summed E-state index contributed by atoms with van der Waals surface area (Å²) in [5, 5.41) is 2.93. The van der Waals surface area contributed by atoms with Gasteiger partial charge in [-0.3, -0.25) is 4.79 Å². The second-order valence-electron chi connectivity index (χ2n) is 5.11. The van der Waals surface area contributed by atoms with E-state index in [2.05, 4.69) is 10.1 Å². The number of benzene rings is 1. The van der Waals surface area contributed by atoms with E-state index < -0.39 is 6.61 Å². The van der Waals surface area contributed by atoms with Crippen molar-refractivity contribution in [2.24, 2.45) is 0 Å². The molecule has 1 aromatic rings. The number of methoxy groups -OCH3 is 1. The molecule has 7 nitrogen and oxygen atoms in total. The third kappa shape index (κ3) is 4.93. The maximum absolute atomic E-state index is 12.6. The number of hydrogen-bond acceptors (Lipinski definition) is 6. The first kappa shape index (κ1) is 18.2. The zero-order valence-electron chi connectivity index (χ0n) is 13.5. The molecule has 1 aliphatic rings. The van der Waals surface area contributed by atoms with Crippen LogP contribution >= 0.6 is 0 Å². The van der Waals surface area contributed by atoms with E-state index in [0.717, 1.165) is 0 Å². The zero-order valence-corrected chi connectivity index (χ0v) is 13.5. The summed E-state index contributed by atoms with van der Waals surface area (Å²) in [7, 11) is 3.15. The van der Waals surface area contributed by atoms with Crippen molar-refractivity contribution in [1.29, 1.82) is 0 Å². The molecule has 1 aromatic carbocycles. The molecule has 9 heteroatoms. The van der Waals surface area contributed by atoms with Crippen LogP contribution in [0.1, 0.15) is 5.56 Å². The molecule has 0 aromatic heterocycles. The van der Waals surface area contributed by atoms with Crippen LogP contribution in [0.25, 0.3) is 0 Å². The van der Waals surface area contributed by atoms with Gasteiger partial charge in [-0.15, -0.1) is 0 Å². The van der Waals surface area contributed by atoms with E-state index in [-0.39, 0.29) is 31.5 Å². The molecule has 0 atom stereocenters. The van der Waals surface area contributed by atoms with Crippen molar-refractivity contribution in [2.75, 3.05) is 40.6 Å². The number of halogens is 2. The largest absolute Gasteiger partial charge is 0.454 e. The van der Waals surface area contributed by atoms with E-state index in [1.807, 2.05) is 0 Å². The highest BCUT2D eigenvalue weighted by Gasteiger charge is 2.21. The summed E-state index contributed by atoms with van der Waals surface area (Å²) in [5.41, 5.74) is 0.410. The zero-order chi connectivity index (χ0) is 17.5. The van der Waals surface area contributed by atoms with Gasteiger partial charge in [-0.05, 0) is 6.07 Å². The minimum Gasteiger partial charge on any atom is -0.454 e. The Morgan fingerprint density at radius 2 is 2.08 bits per heavy atom. The third-order valence-corrected chi connectivity index (χ3v) is 3.36. The lowest BCUT2D eigenvalue weighted by Crippen LogP contribution is -2.36. The van der Waals surface area contributed by atoms with Gasteiger partial charge in [0.05, 0.1) is 13.2 Å². The Hall–Kier alpha value is -2.13. The van der Waals surface area contributed by atoms with E-state index in [0.29, 0.717) is 30.2 Å². The maximum atomic E-state index is 12.6. The maximum Gasteiger partial charge on any atom is 0.387 e. The fourth-order valence-electron chi connectivity index (χ4n) is 2.14. The minimum atomic E-state index is -2.97. The highest BCUT2D eigenvalue weighted by Crippen LogP contribution is 2.39. The Kier molecular flexibility index (Phi) is 6.56. The SMILES string of the molecule is COCCNCC(=O)N(C)Cc1cc2c(cc1OC(F)F)OCO2. The van der Waals surface area contributed by atoms with Crippen molar-refractivity contribution >= 4 is 5.91 Å². The van der Waals surface area contributed by atoms with Crippen LogP contribution in [0.5, 0.6) is 17.2 Å². The van der Waals surface area contributed by atoms with Crippen LogP contribution in [0.3, 0.4) is 0 Å². The van der Waals surface area contributed by atoms with Gasteiger partial charge in [0.1, 0.15) is 5.75 Å². The highest BCUT2D eigenvalue weighted by atomic mass is 19.3. The quantitative estimate of drug-likeness (QED) is 0.678. The van der Waals surface area contributed by atoms with Gasteiger partial charge in [-0.25, -0.2) is 0 Å². The minimum absolute atomic E-state index is 0.0189. The van der Waals surface area contributed by atoms with Gasteiger partial charge in [0, 0.05) is 38.9 Å². The molecule has 0 saturated heterocycles. The number of alkyl halides is 2. The molecular formula is C15H20F2N2O5. The number of ether oxygens (including phenoxy) is 4. The predicted octanol–water partition coefficient (Wildman–Crippen LogP) is 1.21. The molecule has 0 radical (unpaired) electrons. The number of rotatable bonds is 9. The summed E-state index contributed by atoms with van der Waals surface area (Å²) in [6, 6.07) is 2.89. The lowest BCUT2D eigenvalue weighted by molar-refractivity contribution is -0.129. The fourth-order valence-corrected chi connectivity index (χ4v) is 2.14. The Labute approximate surface area is 138 Å². The smallest absolute Gasteiger partial charge is 0.387 e. The monoisotopic (exact) mass is 346 g/mol. The summed E-state index contributed by atoms with van der Waals surface area (Å²) in [4.78, 5) is 13.5. The number of nitrogens with zero attached hydrogens (tertiary/aromatic N) is 1. The molecule has 1 heterocycles. The number of amides is 1. The van der Waals surface area contributed by atoms with E-state index in [4.69, 9.17) is 14.2 Å². The molecule has 0 aliphatic carbocycles. The Bertz CT molecular complexity index is 571. The van der Waals surface area contributed by atoms with Gasteiger partial charge in [0.15, 0.2) is 11.5 Å². The molecule has 1 aliphatic heterocycles. The molecule has 1 N–H and O–H groups in total. The topological polar surface area (TPSA) is 69.3 Å². The van der Waals surface area contributed by atoms with Crippen LogP contribution < -0.4 is 19.5 Å². The Balaban J connectivity index is 2.03. The number of carbonyl (C=O) groups excluding carboxylic acids is 1. The van der Waals surface area contributed by atoms with Gasteiger partial charge in [0.2, 0.25) is 12.7 Å². The standard InChI is InChI=1S/C15H20F2N2O5/c1-19(14(20)7-18-3-4-21-2)8-10-5-12-13(23-9-22-12)6-11(10)24-15(16)17/h5-6,15,18H,3-4,7-9H2,1-2H3. The van der Waals surface area contributed by atoms with E-state index in [1.165, 1.54) is 11.0 Å². The molecule has 24 heavy (non-hydrogen) atoms. The molecule has 0 bridgehead atoms. The van der Waals surface area contributed by atoms with Crippen molar-refractivity contribution in [3.05, 3.63) is 17.7 Å². The second kappa shape index (κ2) is 8.65. The Morgan fingerprint density at radius 1 is 1.38 bits per heavy atom. The molecule has 1 amide bonds. The van der Waals surface area contributed by atoms with Crippen LogP contribution in [0, 0.1) is 0 Å². The molecule has 0 fully saturated rings. The first-order valence-electron chi connectivity index (χ1n) is 7.32. The summed E-state index contributed by atoms with van der Waals surface area (Å²) in [6.07, 6.45) is 0. The first-order chi connectivity index (χ1) is 11.5. The van der Waals surface area contributed by atoms with Crippen molar-refractivity contribution in [2.45, 2.75) is 13.2 Å². The third-order valence-electron chi connectivity index (χ3n) is 3.36. The van der Waals surface area contributed by atoms with Gasteiger partial charge in [0.25, 0.3) is 0 Å². The number of carbonyl (C=O) groups is 1. The van der Waals surface area contributed by atoms with Crippen molar-refractivity contribution in [1.82, 2.24) is 10.2 Å². The van der Waals surface area contributed by atoms with Crippen molar-refractivity contribution < 1.29 is 32.5 Å². The van der Waals surface area contributed by atoms with Gasteiger partial charge in [-0.2, -0.15) is 8.78 Å². The molecule has 2 rings (SSSR count). The normalized spacial score (nSPS) is 12.5. The Morgan fingerprint density at radius 3 is 2.75 bits per heavy atom. The second-order valence-corrected chi connectivity index (χ2v) is 5.11. The summed E-state index contributed by atoms with van der Waals surface area (Å²) >= 11 is 0. The van der Waals surface area contributed by atoms with Crippen molar-refractivity contribution in [3.63, 3.8) is 0 Å². The van der Waals surface area contributed by atoms with Crippen LogP contribution in [-0.4, -0.2) is 58.1 Å². The average molecular weight is 346 g/mol. The van der Waals surface area contributed by atoms with Gasteiger partial charge < -0.3 is 29.2 Å². The molecule has 0 spiro atoms. The number of fused-ring (bicyclic) bond motifs is 1. The van der Waals surface area contributed by atoms with E-state index >= 15 is 0 Å². The molecule has 0 unspecified atom stereocenters. The molecular weight excluding hydrogens is 326 g/mol. The molecule has 134 valence electrons. The van der Waals surface area contributed by atoms with Gasteiger partial charge >= 0.3 is 6.61 Å². The van der Waals surface area contributed by atoms with Crippen LogP contribution in [0.15, 0.2) is 12.1 Å². The number of nitrogens with one attached hydrogen (secondary N) is 1. The fraction of sp³-hybridized carbons (Fsp3) is 0.533. The first-order valence-corrected chi connectivity index (χ1v) is 7.32. The number of hydrogen-bond donors (Lipinski definition) is 1. The average Bonchev–Trinajstić information content (AvgIpc) is 2.98. The van der Waals surface area contributed by atoms with E-state index in [1.54, 1.807) is 20.2 Å². The van der Waals surface area contributed by atoms with Crippen molar-refractivity contribution in [3.8, 4) is 17.2 Å². The van der Waals surface area contributed by atoms with Crippen LogP contribution in [0.2, 0.25) is 0 Å². The van der Waals surface area contributed by atoms with Gasteiger partial charge in [-0.1, -0.05) is 0 Å².